The van der Waals surface area contributed by atoms with Gasteiger partial charge in [0.25, 0.3) is 0 Å². The summed E-state index contributed by atoms with van der Waals surface area (Å²) in [5.74, 6) is 0. The van der Waals surface area contributed by atoms with Gasteiger partial charge in [-0.2, -0.15) is 0 Å². The number of rotatable bonds is 4. The zero-order valence-electron chi connectivity index (χ0n) is 14.2. The molecular weight excluding hydrogens is 355 g/mol. The second-order valence-electron chi connectivity index (χ2n) is 6.06. The summed E-state index contributed by atoms with van der Waals surface area (Å²) in [6.07, 6.45) is 0. The van der Waals surface area contributed by atoms with Gasteiger partial charge in [-0.25, -0.2) is 0 Å². The van der Waals surface area contributed by atoms with Crippen molar-refractivity contribution in [2.24, 2.45) is 0 Å². The van der Waals surface area contributed by atoms with E-state index in [2.05, 4.69) is 97.1 Å². The van der Waals surface area contributed by atoms with Gasteiger partial charge in [-0.15, -0.1) is 0 Å². The molecule has 4 rings (SSSR count). The Balaban J connectivity index is 1.73. The summed E-state index contributed by atoms with van der Waals surface area (Å²) < 4.78 is 0. The Bertz CT molecular complexity index is 923. The maximum Gasteiger partial charge on any atom is 0.0406 e. The van der Waals surface area contributed by atoms with Crippen LogP contribution in [-0.4, -0.2) is 0 Å². The van der Waals surface area contributed by atoms with Crippen LogP contribution < -0.4 is 15.9 Å². The summed E-state index contributed by atoms with van der Waals surface area (Å²) in [4.78, 5) is 0. The minimum absolute atomic E-state index is 0.554. The van der Waals surface area contributed by atoms with Gasteiger partial charge in [-0.3, -0.25) is 0 Å². The van der Waals surface area contributed by atoms with E-state index in [4.69, 9.17) is 11.6 Å². The van der Waals surface area contributed by atoms with Gasteiger partial charge in [0.15, 0.2) is 0 Å². The molecule has 0 spiro atoms. The van der Waals surface area contributed by atoms with Crippen LogP contribution in [0, 0.1) is 0 Å². The average Bonchev–Trinajstić information content (AvgIpc) is 2.71. The van der Waals surface area contributed by atoms with Gasteiger partial charge in [0.2, 0.25) is 0 Å². The fourth-order valence-electron chi connectivity index (χ4n) is 3.05. The molecule has 0 unspecified atom stereocenters. The molecule has 0 heterocycles. The van der Waals surface area contributed by atoms with Crippen molar-refractivity contribution >= 4 is 35.4 Å². The predicted molar refractivity (Wildman–Crippen MR) is 116 cm³/mol. The zero-order chi connectivity index (χ0) is 17.8. The molecular formula is C24H18ClP. The van der Waals surface area contributed by atoms with Crippen molar-refractivity contribution in [3.8, 4) is 11.1 Å². The number of benzene rings is 4. The number of hydrogen-bond donors (Lipinski definition) is 0. The van der Waals surface area contributed by atoms with E-state index in [0.717, 1.165) is 5.02 Å². The Kier molecular flexibility index (Phi) is 5.16. The molecule has 4 aromatic rings. The van der Waals surface area contributed by atoms with Crippen LogP contribution in [0.2, 0.25) is 5.02 Å². The van der Waals surface area contributed by atoms with Gasteiger partial charge in [-0.05, 0) is 47.1 Å². The van der Waals surface area contributed by atoms with E-state index in [0.29, 0.717) is 0 Å². The third kappa shape index (κ3) is 3.73. The molecule has 0 saturated carbocycles. The molecule has 0 nitrogen and oxygen atoms in total. The summed E-state index contributed by atoms with van der Waals surface area (Å²) in [6, 6.07) is 38.5. The van der Waals surface area contributed by atoms with Crippen molar-refractivity contribution in [3.63, 3.8) is 0 Å². The van der Waals surface area contributed by atoms with Crippen molar-refractivity contribution in [3.05, 3.63) is 114 Å². The minimum atomic E-state index is -0.554. The van der Waals surface area contributed by atoms with E-state index >= 15 is 0 Å². The first-order valence-electron chi connectivity index (χ1n) is 8.57. The van der Waals surface area contributed by atoms with E-state index < -0.39 is 7.92 Å². The largest absolute Gasteiger partial charge is 0.0843 e. The monoisotopic (exact) mass is 372 g/mol. The summed E-state index contributed by atoms with van der Waals surface area (Å²) in [5.41, 5.74) is 2.39. The second-order valence-corrected chi connectivity index (χ2v) is 8.72. The molecule has 26 heavy (non-hydrogen) atoms. The lowest BCUT2D eigenvalue weighted by atomic mass is 10.1. The fourth-order valence-corrected chi connectivity index (χ4v) is 5.45. The highest BCUT2D eigenvalue weighted by Crippen LogP contribution is 2.33. The van der Waals surface area contributed by atoms with Gasteiger partial charge < -0.3 is 0 Å². The van der Waals surface area contributed by atoms with Crippen LogP contribution >= 0.6 is 19.5 Å². The van der Waals surface area contributed by atoms with Gasteiger partial charge >= 0.3 is 0 Å². The van der Waals surface area contributed by atoms with Gasteiger partial charge in [-0.1, -0.05) is 109 Å². The van der Waals surface area contributed by atoms with Crippen LogP contribution in [0.4, 0.5) is 0 Å². The quantitative estimate of drug-likeness (QED) is 0.399. The number of hydrogen-bond acceptors (Lipinski definition) is 0. The molecule has 0 fully saturated rings. The normalized spacial score (nSPS) is 10.8. The Hall–Kier alpha value is -2.40. The molecule has 0 radical (unpaired) electrons. The predicted octanol–water partition coefficient (Wildman–Crippen LogP) is 5.77. The maximum absolute atomic E-state index is 6.00. The molecule has 0 bridgehead atoms. The van der Waals surface area contributed by atoms with Crippen molar-refractivity contribution in [2.45, 2.75) is 0 Å². The molecule has 2 heteroatoms. The van der Waals surface area contributed by atoms with Crippen molar-refractivity contribution < 1.29 is 0 Å². The van der Waals surface area contributed by atoms with Crippen LogP contribution in [0.15, 0.2) is 109 Å². The smallest absolute Gasteiger partial charge is 0.0406 e. The lowest BCUT2D eigenvalue weighted by Crippen LogP contribution is -2.20. The summed E-state index contributed by atoms with van der Waals surface area (Å²) in [7, 11) is -0.554. The van der Waals surface area contributed by atoms with Gasteiger partial charge in [0, 0.05) is 5.02 Å². The van der Waals surface area contributed by atoms with E-state index in [1.165, 1.54) is 27.0 Å². The average molecular weight is 373 g/mol. The summed E-state index contributed by atoms with van der Waals surface area (Å²) in [5, 5.41) is 4.86. The van der Waals surface area contributed by atoms with Gasteiger partial charge in [0.1, 0.15) is 0 Å². The fraction of sp³-hybridized carbons (Fsp3) is 0. The lowest BCUT2D eigenvalue weighted by Gasteiger charge is -2.19. The van der Waals surface area contributed by atoms with Crippen LogP contribution in [-0.2, 0) is 0 Å². The first kappa shape index (κ1) is 17.0. The maximum atomic E-state index is 6.00. The highest BCUT2D eigenvalue weighted by Gasteiger charge is 2.15. The molecule has 126 valence electrons. The first-order valence-corrected chi connectivity index (χ1v) is 10.3. The topological polar surface area (TPSA) is 0 Å². The van der Waals surface area contributed by atoms with E-state index in [-0.39, 0.29) is 0 Å². The molecule has 0 aliphatic heterocycles. The van der Waals surface area contributed by atoms with Crippen LogP contribution in [0.1, 0.15) is 0 Å². The molecule has 0 aromatic heterocycles. The van der Waals surface area contributed by atoms with E-state index in [9.17, 15) is 0 Å². The molecule has 0 N–H and O–H groups in total. The molecule has 4 aromatic carbocycles. The Morgan fingerprint density at radius 2 is 0.808 bits per heavy atom. The molecule has 0 aliphatic rings. The van der Waals surface area contributed by atoms with E-state index in [1.54, 1.807) is 0 Å². The van der Waals surface area contributed by atoms with Crippen molar-refractivity contribution in [1.29, 1.82) is 0 Å². The van der Waals surface area contributed by atoms with Crippen molar-refractivity contribution in [2.75, 3.05) is 0 Å². The van der Waals surface area contributed by atoms with E-state index in [1.807, 2.05) is 12.1 Å². The minimum Gasteiger partial charge on any atom is -0.0843 e. The highest BCUT2D eigenvalue weighted by atomic mass is 35.5. The van der Waals surface area contributed by atoms with Crippen LogP contribution in [0.25, 0.3) is 11.1 Å². The standard InChI is InChI=1S/C24H18ClP/c25-21-15-11-19(12-16-21)20-13-17-24(18-14-20)26(22-7-3-1-4-8-22)23-9-5-2-6-10-23/h1-18H. The van der Waals surface area contributed by atoms with Crippen LogP contribution in [0.3, 0.4) is 0 Å². The van der Waals surface area contributed by atoms with Gasteiger partial charge in [0.05, 0.1) is 0 Å². The second kappa shape index (κ2) is 7.87. The summed E-state index contributed by atoms with van der Waals surface area (Å²) >= 11 is 6.00. The molecule has 0 amide bonds. The third-order valence-electron chi connectivity index (χ3n) is 4.33. The number of halogens is 1. The Labute approximate surface area is 160 Å². The van der Waals surface area contributed by atoms with Crippen molar-refractivity contribution in [1.82, 2.24) is 0 Å². The summed E-state index contributed by atoms with van der Waals surface area (Å²) in [6.45, 7) is 0. The Morgan fingerprint density at radius 1 is 0.423 bits per heavy atom. The highest BCUT2D eigenvalue weighted by molar-refractivity contribution is 7.79. The first-order chi connectivity index (χ1) is 12.8. The lowest BCUT2D eigenvalue weighted by molar-refractivity contribution is 1.63. The van der Waals surface area contributed by atoms with Crippen LogP contribution in [0.5, 0.6) is 0 Å². The molecule has 0 atom stereocenters. The SMILES string of the molecule is Clc1ccc(-c2ccc(P(c3ccccc3)c3ccccc3)cc2)cc1. The third-order valence-corrected chi connectivity index (χ3v) is 7.03. The zero-order valence-corrected chi connectivity index (χ0v) is 15.9. The molecule has 0 aliphatic carbocycles. The Morgan fingerprint density at radius 3 is 1.27 bits per heavy atom. The molecule has 0 saturated heterocycles.